The Bertz CT molecular complexity index is 1180. The second-order valence-corrected chi connectivity index (χ2v) is 10.8. The third kappa shape index (κ3) is 8.73. The van der Waals surface area contributed by atoms with E-state index in [0.717, 1.165) is 5.56 Å². The van der Waals surface area contributed by atoms with Gasteiger partial charge < -0.3 is 20.1 Å². The molecule has 7 nitrogen and oxygen atoms in total. The van der Waals surface area contributed by atoms with E-state index in [1.165, 1.54) is 18.2 Å². The van der Waals surface area contributed by atoms with Gasteiger partial charge in [-0.25, -0.2) is 0 Å². The molecule has 214 valence electrons. The Hall–Kier alpha value is -2.53. The minimum absolute atomic E-state index is 0.117. The van der Waals surface area contributed by atoms with Crippen LogP contribution >= 0.6 is 23.2 Å². The van der Waals surface area contributed by atoms with Crippen molar-refractivity contribution in [3.63, 3.8) is 0 Å². The summed E-state index contributed by atoms with van der Waals surface area (Å²) in [6.07, 6.45) is -6.79. The largest absolute Gasteiger partial charge is 0.488 e. The number of aliphatic hydroxyl groups excluding tert-OH is 1. The van der Waals surface area contributed by atoms with Gasteiger partial charge in [-0.3, -0.25) is 14.5 Å². The van der Waals surface area contributed by atoms with E-state index in [4.69, 9.17) is 27.9 Å². The van der Waals surface area contributed by atoms with Crippen molar-refractivity contribution in [2.24, 2.45) is 5.92 Å². The number of hydrogen-bond acceptors (Lipinski definition) is 5. The van der Waals surface area contributed by atoms with Gasteiger partial charge in [0.2, 0.25) is 5.91 Å². The zero-order chi connectivity index (χ0) is 28.9. The van der Waals surface area contributed by atoms with Crippen LogP contribution < -0.4 is 10.1 Å². The molecule has 0 aliphatic carbocycles. The van der Waals surface area contributed by atoms with Crippen molar-refractivity contribution < 1.29 is 32.6 Å². The first-order valence-electron chi connectivity index (χ1n) is 12.5. The molecule has 0 unspecified atom stereocenters. The van der Waals surface area contributed by atoms with Crippen molar-refractivity contribution in [2.75, 3.05) is 32.1 Å². The number of amides is 2. The van der Waals surface area contributed by atoms with Crippen molar-refractivity contribution in [1.82, 2.24) is 9.80 Å². The quantitative estimate of drug-likeness (QED) is 0.396. The number of halogens is 5. The van der Waals surface area contributed by atoms with E-state index in [-0.39, 0.29) is 35.6 Å². The van der Waals surface area contributed by atoms with Crippen LogP contribution in [0.25, 0.3) is 0 Å². The Labute approximate surface area is 235 Å². The molecule has 2 amide bonds. The van der Waals surface area contributed by atoms with Gasteiger partial charge in [0.25, 0.3) is 5.91 Å². The number of aliphatic hydroxyl groups is 1. The molecule has 3 rings (SSSR count). The van der Waals surface area contributed by atoms with Gasteiger partial charge in [0, 0.05) is 37.7 Å². The summed E-state index contributed by atoms with van der Waals surface area (Å²) in [6, 6.07) is 9.33. The van der Waals surface area contributed by atoms with Gasteiger partial charge in [-0.2, -0.15) is 13.2 Å². The lowest BCUT2D eigenvalue weighted by Gasteiger charge is -2.38. The zero-order valence-electron chi connectivity index (χ0n) is 21.9. The fraction of sp³-hybridized carbons (Fsp3) is 0.481. The molecule has 3 atom stereocenters. The van der Waals surface area contributed by atoms with Gasteiger partial charge in [-0.05, 0) is 49.9 Å². The predicted octanol–water partition coefficient (Wildman–Crippen LogP) is 5.63. The van der Waals surface area contributed by atoms with Crippen molar-refractivity contribution in [3.8, 4) is 5.75 Å². The number of carbonyl (C=O) groups is 2. The first-order chi connectivity index (χ1) is 18.3. The summed E-state index contributed by atoms with van der Waals surface area (Å²) >= 11 is 12.2. The highest BCUT2D eigenvalue weighted by Gasteiger charge is 2.34. The van der Waals surface area contributed by atoms with Crippen LogP contribution in [0.1, 0.15) is 42.6 Å². The normalized spacial score (nSPS) is 18.7. The number of fused-ring (bicyclic) bond motifs is 1. The van der Waals surface area contributed by atoms with Gasteiger partial charge in [-0.15, -0.1) is 0 Å². The maximum absolute atomic E-state index is 13.5. The van der Waals surface area contributed by atoms with Crippen LogP contribution in [0.15, 0.2) is 36.4 Å². The minimum Gasteiger partial charge on any atom is -0.488 e. The molecule has 1 aliphatic heterocycles. The summed E-state index contributed by atoms with van der Waals surface area (Å²) in [6.45, 7) is 4.78. The molecular weight excluding hydrogens is 558 g/mol. The molecule has 0 bridgehead atoms. The van der Waals surface area contributed by atoms with Crippen LogP contribution in [-0.4, -0.2) is 71.8 Å². The number of nitrogens with one attached hydrogen (secondary N) is 1. The maximum Gasteiger partial charge on any atom is 0.389 e. The number of carbonyl (C=O) groups excluding carboxylic acids is 2. The third-order valence-electron chi connectivity index (χ3n) is 6.51. The molecule has 0 aromatic heterocycles. The summed E-state index contributed by atoms with van der Waals surface area (Å²) in [5.41, 5.74) is 1.28. The molecule has 12 heteroatoms. The number of benzene rings is 2. The Morgan fingerprint density at radius 1 is 1.23 bits per heavy atom. The summed E-state index contributed by atoms with van der Waals surface area (Å²) in [4.78, 5) is 29.2. The Morgan fingerprint density at radius 2 is 1.95 bits per heavy atom. The molecule has 0 saturated carbocycles. The van der Waals surface area contributed by atoms with Gasteiger partial charge in [0.05, 0.1) is 34.7 Å². The SMILES string of the molecule is C[C@H](CO)N1C[C@H](C)[C@@H](CN(C)Cc2ccc(Cl)c(Cl)c2)Oc2ccc(NC(=O)CCC(F)(F)F)cc2C1=O. The Morgan fingerprint density at radius 3 is 2.59 bits per heavy atom. The molecule has 2 aromatic rings. The molecule has 0 spiro atoms. The molecular formula is C27H32Cl2F3N3O4. The summed E-state index contributed by atoms with van der Waals surface area (Å²) < 4.78 is 43.8. The summed E-state index contributed by atoms with van der Waals surface area (Å²) in [7, 11) is 1.93. The van der Waals surface area contributed by atoms with Crippen molar-refractivity contribution in [1.29, 1.82) is 0 Å². The van der Waals surface area contributed by atoms with E-state index in [1.807, 2.05) is 20.0 Å². The van der Waals surface area contributed by atoms with Gasteiger partial charge in [0.1, 0.15) is 11.9 Å². The van der Waals surface area contributed by atoms with E-state index >= 15 is 0 Å². The van der Waals surface area contributed by atoms with Crippen molar-refractivity contribution in [2.45, 2.75) is 51.6 Å². The van der Waals surface area contributed by atoms with Crippen LogP contribution in [0.3, 0.4) is 0 Å². The molecule has 1 aliphatic rings. The van der Waals surface area contributed by atoms with E-state index in [2.05, 4.69) is 10.2 Å². The maximum atomic E-state index is 13.5. The lowest BCUT2D eigenvalue weighted by atomic mass is 9.99. The number of likely N-dealkylation sites (N-methyl/N-ethyl adjacent to an activating group) is 1. The monoisotopic (exact) mass is 589 g/mol. The van der Waals surface area contributed by atoms with Crippen molar-refractivity contribution >= 4 is 40.7 Å². The van der Waals surface area contributed by atoms with E-state index in [9.17, 15) is 27.9 Å². The van der Waals surface area contributed by atoms with E-state index < -0.39 is 36.9 Å². The van der Waals surface area contributed by atoms with Crippen LogP contribution in [0.2, 0.25) is 10.0 Å². The standard InChI is InChI=1S/C27H32Cl2F3N3O4/c1-16-12-35(17(2)15-36)26(38)20-11-19(33-25(37)8-9-27(30,31)32)5-7-23(20)39-24(16)14-34(3)13-18-4-6-21(28)22(29)10-18/h4-7,10-11,16-17,24,36H,8-9,12-15H2,1-3H3,(H,33,37)/t16-,17+,24+/m0/s1. The molecule has 1 heterocycles. The second-order valence-electron chi connectivity index (χ2n) is 9.94. The average molecular weight is 590 g/mol. The van der Waals surface area contributed by atoms with Crippen LogP contribution in [0, 0.1) is 5.92 Å². The highest BCUT2D eigenvalue weighted by atomic mass is 35.5. The van der Waals surface area contributed by atoms with E-state index in [1.54, 1.807) is 24.0 Å². The molecule has 0 saturated heterocycles. The summed E-state index contributed by atoms with van der Waals surface area (Å²) in [5.74, 6) is -1.06. The predicted molar refractivity (Wildman–Crippen MR) is 144 cm³/mol. The first kappa shape index (κ1) is 31.0. The molecule has 39 heavy (non-hydrogen) atoms. The molecule has 2 aromatic carbocycles. The first-order valence-corrected chi connectivity index (χ1v) is 13.2. The number of anilines is 1. The number of hydrogen-bond donors (Lipinski definition) is 2. The fourth-order valence-electron chi connectivity index (χ4n) is 4.32. The Balaban J connectivity index is 1.84. The minimum atomic E-state index is -4.45. The zero-order valence-corrected chi connectivity index (χ0v) is 23.4. The van der Waals surface area contributed by atoms with Crippen LogP contribution in [0.5, 0.6) is 5.75 Å². The molecule has 0 fully saturated rings. The van der Waals surface area contributed by atoms with E-state index in [0.29, 0.717) is 29.7 Å². The number of nitrogens with zero attached hydrogens (tertiary/aromatic N) is 2. The Kier molecular flexibility index (Phi) is 10.5. The van der Waals surface area contributed by atoms with Gasteiger partial charge in [0.15, 0.2) is 0 Å². The summed E-state index contributed by atoms with van der Waals surface area (Å²) in [5, 5.41) is 13.2. The lowest BCUT2D eigenvalue weighted by Crippen LogP contribution is -2.49. The van der Waals surface area contributed by atoms with Gasteiger partial charge in [-0.1, -0.05) is 36.2 Å². The number of rotatable bonds is 9. The van der Waals surface area contributed by atoms with Crippen molar-refractivity contribution in [3.05, 3.63) is 57.6 Å². The number of ether oxygens (including phenoxy) is 1. The van der Waals surface area contributed by atoms with Crippen LogP contribution in [0.4, 0.5) is 18.9 Å². The average Bonchev–Trinajstić information content (AvgIpc) is 2.86. The topological polar surface area (TPSA) is 82.1 Å². The highest BCUT2D eigenvalue weighted by molar-refractivity contribution is 6.42. The molecule has 2 N–H and O–H groups in total. The second kappa shape index (κ2) is 13.2. The lowest BCUT2D eigenvalue weighted by molar-refractivity contribution is -0.142. The third-order valence-corrected chi connectivity index (χ3v) is 7.25. The highest BCUT2D eigenvalue weighted by Crippen LogP contribution is 2.31. The smallest absolute Gasteiger partial charge is 0.389 e. The fourth-order valence-corrected chi connectivity index (χ4v) is 4.64. The number of alkyl halides is 3. The van der Waals surface area contributed by atoms with Crippen LogP contribution in [-0.2, 0) is 11.3 Å². The van der Waals surface area contributed by atoms with Gasteiger partial charge >= 0.3 is 6.18 Å². The molecule has 0 radical (unpaired) electrons.